The first-order valence-corrected chi connectivity index (χ1v) is 15.8. The monoisotopic (exact) mass is 637 g/mol. The maximum Gasteiger partial charge on any atom is 0.264 e. The molecule has 2 amide bonds. The molecule has 2 unspecified atom stereocenters. The third-order valence-electron chi connectivity index (χ3n) is 6.78. The van der Waals surface area contributed by atoms with Crippen LogP contribution in [0.15, 0.2) is 71.6 Å². The summed E-state index contributed by atoms with van der Waals surface area (Å²) in [5, 5.41) is 3.98. The highest BCUT2D eigenvalue weighted by atomic mass is 35.5. The lowest BCUT2D eigenvalue weighted by atomic mass is 10.1. The number of sulfonamides is 1. The fourth-order valence-electron chi connectivity index (χ4n) is 4.19. The molecule has 0 saturated carbocycles. The van der Waals surface area contributed by atoms with Crippen LogP contribution in [0.3, 0.4) is 0 Å². The molecule has 0 bridgehead atoms. The van der Waals surface area contributed by atoms with Gasteiger partial charge in [-0.25, -0.2) is 8.42 Å². The summed E-state index contributed by atoms with van der Waals surface area (Å²) in [6, 6.07) is 16.5. The van der Waals surface area contributed by atoms with E-state index >= 15 is 0 Å². The van der Waals surface area contributed by atoms with Crippen LogP contribution in [-0.4, -0.2) is 43.8 Å². The smallest absolute Gasteiger partial charge is 0.264 e. The molecule has 0 aliphatic rings. The summed E-state index contributed by atoms with van der Waals surface area (Å²) in [4.78, 5) is 28.8. The molecule has 220 valence electrons. The van der Waals surface area contributed by atoms with Crippen LogP contribution < -0.4 is 9.62 Å². The maximum atomic E-state index is 14.1. The molecule has 3 aromatic rings. The molecule has 0 aromatic heterocycles. The lowest BCUT2D eigenvalue weighted by molar-refractivity contribution is -0.140. The van der Waals surface area contributed by atoms with E-state index in [0.717, 1.165) is 9.87 Å². The molecule has 0 heterocycles. The molecule has 41 heavy (non-hydrogen) atoms. The fourth-order valence-corrected chi connectivity index (χ4v) is 6.25. The number of aryl methyl sites for hydroxylation is 1. The number of benzene rings is 3. The van der Waals surface area contributed by atoms with Crippen molar-refractivity contribution < 1.29 is 18.0 Å². The number of hydrogen-bond donors (Lipinski definition) is 1. The molecular formula is C30H34Cl3N3O4S. The lowest BCUT2D eigenvalue weighted by Crippen LogP contribution is -2.53. The van der Waals surface area contributed by atoms with Gasteiger partial charge in [0.1, 0.15) is 12.6 Å². The van der Waals surface area contributed by atoms with E-state index in [-0.39, 0.29) is 29.8 Å². The highest BCUT2D eigenvalue weighted by Gasteiger charge is 2.34. The first kappa shape index (κ1) is 32.7. The average Bonchev–Trinajstić information content (AvgIpc) is 2.93. The number of hydrogen-bond acceptors (Lipinski definition) is 4. The predicted octanol–water partition coefficient (Wildman–Crippen LogP) is 6.87. The second kappa shape index (κ2) is 14.4. The van der Waals surface area contributed by atoms with Crippen molar-refractivity contribution in [3.8, 4) is 0 Å². The quantitative estimate of drug-likeness (QED) is 0.235. The Bertz CT molecular complexity index is 1450. The van der Waals surface area contributed by atoms with Crippen LogP contribution in [0.5, 0.6) is 0 Å². The number of halogens is 3. The van der Waals surface area contributed by atoms with Gasteiger partial charge in [-0.15, -0.1) is 0 Å². The van der Waals surface area contributed by atoms with E-state index < -0.39 is 28.5 Å². The maximum absolute atomic E-state index is 14.1. The van der Waals surface area contributed by atoms with Crippen LogP contribution in [0, 0.1) is 6.92 Å². The summed E-state index contributed by atoms with van der Waals surface area (Å²) in [7, 11) is -4.20. The molecule has 11 heteroatoms. The van der Waals surface area contributed by atoms with Crippen LogP contribution in [0.1, 0.15) is 44.7 Å². The highest BCUT2D eigenvalue weighted by molar-refractivity contribution is 7.92. The Balaban J connectivity index is 2.09. The van der Waals surface area contributed by atoms with Crippen molar-refractivity contribution in [1.82, 2.24) is 10.2 Å². The summed E-state index contributed by atoms with van der Waals surface area (Å²) in [6.45, 7) is 6.83. The third-order valence-corrected chi connectivity index (χ3v) is 9.53. The third kappa shape index (κ3) is 8.16. The van der Waals surface area contributed by atoms with Gasteiger partial charge in [0.2, 0.25) is 11.8 Å². The Morgan fingerprint density at radius 3 is 2.00 bits per heavy atom. The van der Waals surface area contributed by atoms with E-state index in [9.17, 15) is 18.0 Å². The highest BCUT2D eigenvalue weighted by Crippen LogP contribution is 2.29. The van der Waals surface area contributed by atoms with E-state index in [2.05, 4.69) is 5.32 Å². The number of rotatable bonds is 12. The topological polar surface area (TPSA) is 86.8 Å². The van der Waals surface area contributed by atoms with Crippen molar-refractivity contribution in [2.24, 2.45) is 0 Å². The Morgan fingerprint density at radius 2 is 1.46 bits per heavy atom. The van der Waals surface area contributed by atoms with Gasteiger partial charge in [0.25, 0.3) is 10.0 Å². The summed E-state index contributed by atoms with van der Waals surface area (Å²) >= 11 is 18.9. The van der Waals surface area contributed by atoms with Crippen molar-refractivity contribution in [2.45, 2.75) is 64.1 Å². The molecule has 0 fully saturated rings. The number of anilines is 1. The van der Waals surface area contributed by atoms with E-state index in [1.807, 2.05) is 20.8 Å². The van der Waals surface area contributed by atoms with E-state index in [1.54, 1.807) is 49.4 Å². The zero-order valence-corrected chi connectivity index (χ0v) is 26.5. The van der Waals surface area contributed by atoms with Gasteiger partial charge in [-0.1, -0.05) is 72.4 Å². The summed E-state index contributed by atoms with van der Waals surface area (Å²) in [5.41, 5.74) is 1.68. The van der Waals surface area contributed by atoms with Crippen LogP contribution in [-0.2, 0) is 26.2 Å². The van der Waals surface area contributed by atoms with Crippen LogP contribution in [0.4, 0.5) is 5.69 Å². The number of nitrogens with one attached hydrogen (secondary N) is 1. The Kier molecular flexibility index (Phi) is 11.5. The molecule has 0 saturated heterocycles. The molecule has 0 spiro atoms. The summed E-state index contributed by atoms with van der Waals surface area (Å²) in [5.74, 6) is -0.939. The van der Waals surface area contributed by atoms with Crippen molar-refractivity contribution in [3.63, 3.8) is 0 Å². The number of carbonyl (C=O) groups is 2. The van der Waals surface area contributed by atoms with Crippen LogP contribution in [0.2, 0.25) is 15.1 Å². The fraction of sp³-hybridized carbons (Fsp3) is 0.333. The van der Waals surface area contributed by atoms with E-state index in [0.29, 0.717) is 32.7 Å². The normalized spacial score (nSPS) is 12.9. The molecule has 3 rings (SSSR count). The first-order valence-electron chi connectivity index (χ1n) is 13.3. The van der Waals surface area contributed by atoms with Gasteiger partial charge in [-0.3, -0.25) is 13.9 Å². The summed E-state index contributed by atoms with van der Waals surface area (Å²) in [6.07, 6.45) is 0.984. The van der Waals surface area contributed by atoms with Crippen molar-refractivity contribution in [1.29, 1.82) is 0 Å². The second-order valence-corrected chi connectivity index (χ2v) is 12.9. The molecular weight excluding hydrogens is 605 g/mol. The van der Waals surface area contributed by atoms with Gasteiger partial charge >= 0.3 is 0 Å². The van der Waals surface area contributed by atoms with Gasteiger partial charge in [0.15, 0.2) is 0 Å². The standard InChI is InChI=1S/C30H34Cl3N3O4S/c1-5-21(4)34-30(38)28(6-2)35(18-25-26(32)8-7-9-27(25)33)29(37)19-36(23-14-10-20(3)11-15-23)41(39,40)24-16-12-22(31)13-17-24/h7-17,21,28H,5-6,18-19H2,1-4H3,(H,34,38). The number of carbonyl (C=O) groups excluding carboxylic acids is 2. The Hall–Kier alpha value is -2.78. The molecule has 2 atom stereocenters. The van der Waals surface area contributed by atoms with Gasteiger partial charge in [0, 0.05) is 33.2 Å². The van der Waals surface area contributed by atoms with Crippen molar-refractivity contribution >= 4 is 62.3 Å². The van der Waals surface area contributed by atoms with Gasteiger partial charge in [-0.05, 0) is 75.2 Å². The van der Waals surface area contributed by atoms with Crippen molar-refractivity contribution in [3.05, 3.63) is 92.9 Å². The Labute approximate surface area is 257 Å². The van der Waals surface area contributed by atoms with Crippen molar-refractivity contribution in [2.75, 3.05) is 10.8 Å². The van der Waals surface area contributed by atoms with E-state index in [4.69, 9.17) is 34.8 Å². The minimum Gasteiger partial charge on any atom is -0.352 e. The number of amides is 2. The minimum atomic E-state index is -4.20. The molecule has 3 aromatic carbocycles. The SMILES string of the molecule is CCC(C)NC(=O)C(CC)N(Cc1c(Cl)cccc1Cl)C(=O)CN(c1ccc(C)cc1)S(=O)(=O)c1ccc(Cl)cc1. The predicted molar refractivity (Wildman–Crippen MR) is 166 cm³/mol. The van der Waals surface area contributed by atoms with E-state index in [1.165, 1.54) is 29.2 Å². The lowest BCUT2D eigenvalue weighted by Gasteiger charge is -2.34. The van der Waals surface area contributed by atoms with Gasteiger partial charge in [-0.2, -0.15) is 0 Å². The molecule has 0 aliphatic heterocycles. The van der Waals surface area contributed by atoms with Gasteiger partial charge in [0.05, 0.1) is 10.6 Å². The minimum absolute atomic E-state index is 0.0301. The van der Waals surface area contributed by atoms with Crippen LogP contribution >= 0.6 is 34.8 Å². The average molecular weight is 639 g/mol. The second-order valence-electron chi connectivity index (χ2n) is 9.76. The zero-order valence-electron chi connectivity index (χ0n) is 23.4. The molecule has 1 N–H and O–H groups in total. The molecule has 0 aliphatic carbocycles. The zero-order chi connectivity index (χ0) is 30.3. The van der Waals surface area contributed by atoms with Crippen LogP contribution in [0.25, 0.3) is 0 Å². The molecule has 0 radical (unpaired) electrons. The number of nitrogens with zero attached hydrogens (tertiary/aromatic N) is 2. The summed E-state index contributed by atoms with van der Waals surface area (Å²) < 4.78 is 28.8. The molecule has 7 nitrogen and oxygen atoms in total. The first-order chi connectivity index (χ1) is 19.4. The van der Waals surface area contributed by atoms with Gasteiger partial charge < -0.3 is 10.2 Å². The largest absolute Gasteiger partial charge is 0.352 e. The Morgan fingerprint density at radius 1 is 0.878 bits per heavy atom.